The molecule has 0 aromatic heterocycles. The summed E-state index contributed by atoms with van der Waals surface area (Å²) in [6.45, 7) is 8.75. The zero-order valence-corrected chi connectivity index (χ0v) is 24.4. The number of nitrogens with one attached hydrogen (secondary N) is 2. The molecule has 1 aromatic carbocycles. The SMILES string of the molecule is CC.CCOC(=O)C1CCCCC1.CN1CCC(O)CC1.COc1ccc(C=O)cc1NC(=O)CCNC=O. The van der Waals surface area contributed by atoms with E-state index >= 15 is 0 Å². The molecular weight excluding hydrogens is 502 g/mol. The van der Waals surface area contributed by atoms with Gasteiger partial charge in [-0.1, -0.05) is 33.1 Å². The Labute approximate surface area is 233 Å². The van der Waals surface area contributed by atoms with Crippen LogP contribution < -0.4 is 15.4 Å². The van der Waals surface area contributed by atoms with Gasteiger partial charge in [0.25, 0.3) is 0 Å². The molecule has 1 aliphatic carbocycles. The van der Waals surface area contributed by atoms with E-state index in [-0.39, 0.29) is 36.9 Å². The van der Waals surface area contributed by atoms with Gasteiger partial charge in [-0.3, -0.25) is 19.2 Å². The predicted molar refractivity (Wildman–Crippen MR) is 153 cm³/mol. The highest BCUT2D eigenvalue weighted by Crippen LogP contribution is 2.25. The molecule has 1 heterocycles. The van der Waals surface area contributed by atoms with Crippen molar-refractivity contribution >= 4 is 30.3 Å². The topological polar surface area (TPSA) is 134 Å². The standard InChI is InChI=1S/C12H14N2O4.C9H16O2.C6H13NO.C2H6/c1-18-11-3-2-9(7-15)6-10(11)14-12(17)4-5-13-8-16;1-2-11-9(10)8-6-4-3-5-7-8;1-7-4-2-6(8)3-5-7;1-2/h2-3,6-8H,4-5H2,1H3,(H,13,16)(H,14,17);8H,2-7H2,1H3;6,8H,2-5H2,1H3;1-2H3. The maximum Gasteiger partial charge on any atom is 0.308 e. The number of hydrogen-bond donors (Lipinski definition) is 3. The van der Waals surface area contributed by atoms with Gasteiger partial charge in [0.2, 0.25) is 12.3 Å². The van der Waals surface area contributed by atoms with Crippen LogP contribution in [0.2, 0.25) is 0 Å². The number of carbonyl (C=O) groups is 4. The van der Waals surface area contributed by atoms with Crippen molar-refractivity contribution in [1.29, 1.82) is 0 Å². The van der Waals surface area contributed by atoms with Gasteiger partial charge < -0.3 is 30.1 Å². The lowest BCUT2D eigenvalue weighted by Crippen LogP contribution is -2.32. The van der Waals surface area contributed by atoms with Crippen molar-refractivity contribution < 1.29 is 33.8 Å². The molecule has 0 radical (unpaired) electrons. The highest BCUT2D eigenvalue weighted by molar-refractivity contribution is 5.93. The molecule has 1 saturated carbocycles. The van der Waals surface area contributed by atoms with Gasteiger partial charge in [0.1, 0.15) is 12.0 Å². The Balaban J connectivity index is 0.000000583. The molecule has 2 fully saturated rings. The van der Waals surface area contributed by atoms with Gasteiger partial charge in [0, 0.05) is 31.6 Å². The van der Waals surface area contributed by atoms with Crippen LogP contribution in [0.3, 0.4) is 0 Å². The first-order valence-corrected chi connectivity index (χ1v) is 14.0. The van der Waals surface area contributed by atoms with E-state index in [2.05, 4.69) is 22.6 Å². The van der Waals surface area contributed by atoms with Crippen LogP contribution in [-0.2, 0) is 19.1 Å². The summed E-state index contributed by atoms with van der Waals surface area (Å²) in [5.41, 5.74) is 0.871. The number of benzene rings is 1. The molecular formula is C29H49N3O7. The third-order valence-corrected chi connectivity index (χ3v) is 6.13. The number of aliphatic hydroxyl groups is 1. The number of esters is 1. The normalized spacial score (nSPS) is 15.4. The van der Waals surface area contributed by atoms with Gasteiger partial charge in [-0.2, -0.15) is 0 Å². The van der Waals surface area contributed by atoms with Crippen LogP contribution in [0.25, 0.3) is 0 Å². The van der Waals surface area contributed by atoms with Crippen LogP contribution in [0, 0.1) is 5.92 Å². The fourth-order valence-corrected chi connectivity index (χ4v) is 3.95. The number of likely N-dealkylation sites (tertiary alicyclic amines) is 1. The molecule has 3 N–H and O–H groups in total. The fourth-order valence-electron chi connectivity index (χ4n) is 3.95. The Morgan fingerprint density at radius 1 is 1.08 bits per heavy atom. The molecule has 1 aromatic rings. The number of nitrogens with zero attached hydrogens (tertiary/aromatic N) is 1. The third-order valence-electron chi connectivity index (χ3n) is 6.13. The van der Waals surface area contributed by atoms with E-state index in [0.29, 0.717) is 36.3 Å². The van der Waals surface area contributed by atoms with E-state index in [9.17, 15) is 19.2 Å². The van der Waals surface area contributed by atoms with Gasteiger partial charge >= 0.3 is 5.97 Å². The molecule has 0 atom stereocenters. The Bertz CT molecular complexity index is 811. The minimum Gasteiger partial charge on any atom is -0.495 e. The summed E-state index contributed by atoms with van der Waals surface area (Å²) in [5.74, 6) is 0.430. The second-order valence-corrected chi connectivity index (χ2v) is 9.07. The largest absolute Gasteiger partial charge is 0.495 e. The summed E-state index contributed by atoms with van der Waals surface area (Å²) >= 11 is 0. The summed E-state index contributed by atoms with van der Waals surface area (Å²) in [4.78, 5) is 45.6. The second-order valence-electron chi connectivity index (χ2n) is 9.07. The smallest absolute Gasteiger partial charge is 0.308 e. The number of hydrogen-bond acceptors (Lipinski definition) is 8. The first-order valence-electron chi connectivity index (χ1n) is 14.0. The molecule has 222 valence electrons. The molecule has 0 unspecified atom stereocenters. The average Bonchev–Trinajstić information content (AvgIpc) is 2.97. The summed E-state index contributed by atoms with van der Waals surface area (Å²) in [7, 11) is 3.56. The fraction of sp³-hybridized carbons (Fsp3) is 0.655. The lowest BCUT2D eigenvalue weighted by atomic mass is 9.89. The molecule has 2 aliphatic rings. The molecule has 10 heteroatoms. The molecule has 0 bridgehead atoms. The van der Waals surface area contributed by atoms with Crippen LogP contribution in [0.1, 0.15) is 82.5 Å². The van der Waals surface area contributed by atoms with E-state index in [0.717, 1.165) is 38.8 Å². The lowest BCUT2D eigenvalue weighted by Gasteiger charge is -2.25. The number of rotatable bonds is 9. The maximum absolute atomic E-state index is 11.5. The third kappa shape index (κ3) is 16.6. The minimum atomic E-state index is -0.273. The predicted octanol–water partition coefficient (Wildman–Crippen LogP) is 3.81. The number of methoxy groups -OCH3 is 1. The van der Waals surface area contributed by atoms with Crippen LogP contribution >= 0.6 is 0 Å². The Hall–Kier alpha value is -2.98. The van der Waals surface area contributed by atoms with Crippen molar-refractivity contribution in [3.05, 3.63) is 23.8 Å². The zero-order valence-electron chi connectivity index (χ0n) is 24.4. The van der Waals surface area contributed by atoms with E-state index in [1.165, 1.54) is 32.4 Å². The van der Waals surface area contributed by atoms with Crippen molar-refractivity contribution in [2.45, 2.75) is 78.2 Å². The number of amides is 2. The summed E-state index contributed by atoms with van der Waals surface area (Å²) in [6.07, 6.45) is 9.01. The second kappa shape index (κ2) is 23.0. The quantitative estimate of drug-likeness (QED) is 0.240. The molecule has 3 rings (SSSR count). The van der Waals surface area contributed by atoms with E-state index < -0.39 is 0 Å². The number of aldehydes is 1. The Morgan fingerprint density at radius 2 is 1.72 bits per heavy atom. The Kier molecular flexibility index (Phi) is 21.2. The minimum absolute atomic E-state index is 0.0206. The van der Waals surface area contributed by atoms with E-state index in [1.54, 1.807) is 12.1 Å². The highest BCUT2D eigenvalue weighted by Gasteiger charge is 2.21. The van der Waals surface area contributed by atoms with Gasteiger partial charge in [-0.25, -0.2) is 0 Å². The van der Waals surface area contributed by atoms with Gasteiger partial charge in [0.15, 0.2) is 0 Å². The monoisotopic (exact) mass is 551 g/mol. The first-order chi connectivity index (χ1) is 18.8. The number of piperidine rings is 1. The molecule has 1 saturated heterocycles. The highest BCUT2D eigenvalue weighted by atomic mass is 16.5. The molecule has 1 aliphatic heterocycles. The van der Waals surface area contributed by atoms with Crippen LogP contribution in [-0.4, -0.2) is 81.1 Å². The first kappa shape index (κ1) is 36.0. The Morgan fingerprint density at radius 3 is 2.23 bits per heavy atom. The molecule has 2 amide bonds. The molecule has 0 spiro atoms. The lowest BCUT2D eigenvalue weighted by molar-refractivity contribution is -0.149. The van der Waals surface area contributed by atoms with Crippen LogP contribution in [0.5, 0.6) is 5.75 Å². The summed E-state index contributed by atoms with van der Waals surface area (Å²) < 4.78 is 10.0. The van der Waals surface area contributed by atoms with Crippen molar-refractivity contribution in [3.8, 4) is 5.75 Å². The van der Waals surface area contributed by atoms with Crippen molar-refractivity contribution in [1.82, 2.24) is 10.2 Å². The van der Waals surface area contributed by atoms with E-state index in [4.69, 9.17) is 14.6 Å². The van der Waals surface area contributed by atoms with Gasteiger partial charge in [0.05, 0.1) is 31.4 Å². The summed E-state index contributed by atoms with van der Waals surface area (Å²) in [6, 6.07) is 4.72. The van der Waals surface area contributed by atoms with E-state index in [1.807, 2.05) is 20.8 Å². The van der Waals surface area contributed by atoms with Crippen LogP contribution in [0.15, 0.2) is 18.2 Å². The van der Waals surface area contributed by atoms with Gasteiger partial charge in [-0.05, 0) is 57.9 Å². The number of aliphatic hydroxyl groups excluding tert-OH is 1. The number of anilines is 1. The van der Waals surface area contributed by atoms with Gasteiger partial charge in [-0.15, -0.1) is 0 Å². The maximum atomic E-state index is 11.5. The van der Waals surface area contributed by atoms with Crippen LogP contribution in [0.4, 0.5) is 5.69 Å². The average molecular weight is 552 g/mol. The number of ether oxygens (including phenoxy) is 2. The molecule has 39 heavy (non-hydrogen) atoms. The van der Waals surface area contributed by atoms with Crippen molar-refractivity contribution in [2.75, 3.05) is 45.7 Å². The zero-order chi connectivity index (χ0) is 29.5. The number of carbonyl (C=O) groups excluding carboxylic acids is 4. The van der Waals surface area contributed by atoms with Crippen molar-refractivity contribution in [2.24, 2.45) is 5.92 Å². The molecule has 10 nitrogen and oxygen atoms in total. The summed E-state index contributed by atoms with van der Waals surface area (Å²) in [5, 5.41) is 14.0. The van der Waals surface area contributed by atoms with Crippen molar-refractivity contribution in [3.63, 3.8) is 0 Å².